The van der Waals surface area contributed by atoms with Crippen molar-refractivity contribution >= 4 is 11.8 Å². The highest BCUT2D eigenvalue weighted by molar-refractivity contribution is 8.00. The number of fused-ring (bicyclic) bond motifs is 1. The molecule has 68 valence electrons. The summed E-state index contributed by atoms with van der Waals surface area (Å²) < 4.78 is 0. The van der Waals surface area contributed by atoms with Crippen LogP contribution in [-0.4, -0.2) is 23.6 Å². The summed E-state index contributed by atoms with van der Waals surface area (Å²) >= 11 is 2.09. The molecule has 0 aromatic heterocycles. The zero-order chi connectivity index (χ0) is 7.97. The molecule has 1 heterocycles. The molecule has 3 aliphatic rings. The molecule has 3 fully saturated rings. The largest absolute Gasteiger partial charge is 0.309 e. The van der Waals surface area contributed by atoms with Gasteiger partial charge in [-0.15, -0.1) is 0 Å². The zero-order valence-corrected chi connectivity index (χ0v) is 8.28. The van der Waals surface area contributed by atoms with E-state index in [0.717, 1.165) is 23.9 Å². The number of hydrogen-bond acceptors (Lipinski definition) is 2. The van der Waals surface area contributed by atoms with Gasteiger partial charge in [-0.2, -0.15) is 11.8 Å². The van der Waals surface area contributed by atoms with E-state index in [1.165, 1.54) is 37.2 Å². The molecule has 0 aromatic carbocycles. The minimum absolute atomic E-state index is 0.880. The second-order valence-electron chi connectivity index (χ2n) is 4.54. The Morgan fingerprint density at radius 2 is 1.67 bits per heavy atom. The van der Waals surface area contributed by atoms with Crippen molar-refractivity contribution in [1.82, 2.24) is 5.32 Å². The number of nitrogens with one attached hydrogen (secondary N) is 1. The molecule has 0 bridgehead atoms. The van der Waals surface area contributed by atoms with Gasteiger partial charge in [-0.1, -0.05) is 12.8 Å². The van der Waals surface area contributed by atoms with Gasteiger partial charge in [0.15, 0.2) is 0 Å². The summed E-state index contributed by atoms with van der Waals surface area (Å²) in [6.07, 6.45) is 6.03. The number of rotatable bonds is 2. The number of thioether (sulfide) groups is 1. The fraction of sp³-hybridized carbons (Fsp3) is 1.00. The first-order valence-electron chi connectivity index (χ1n) is 5.29. The summed E-state index contributed by atoms with van der Waals surface area (Å²) in [5, 5.41) is 3.81. The Labute approximate surface area is 78.7 Å². The van der Waals surface area contributed by atoms with Crippen LogP contribution >= 0.6 is 11.8 Å². The monoisotopic (exact) mass is 183 g/mol. The summed E-state index contributed by atoms with van der Waals surface area (Å²) in [5.41, 5.74) is 0. The normalized spacial score (nSPS) is 46.5. The molecular weight excluding hydrogens is 166 g/mol. The van der Waals surface area contributed by atoms with Crippen molar-refractivity contribution in [2.45, 2.75) is 37.8 Å². The van der Waals surface area contributed by atoms with Crippen LogP contribution in [0, 0.1) is 11.8 Å². The molecule has 0 amide bonds. The summed E-state index contributed by atoms with van der Waals surface area (Å²) in [7, 11) is 0. The first-order valence-corrected chi connectivity index (χ1v) is 6.44. The topological polar surface area (TPSA) is 12.0 Å². The Hall–Kier alpha value is 0.310. The molecule has 12 heavy (non-hydrogen) atoms. The molecule has 2 unspecified atom stereocenters. The third kappa shape index (κ3) is 1.20. The van der Waals surface area contributed by atoms with Gasteiger partial charge in [-0.25, -0.2) is 0 Å². The van der Waals surface area contributed by atoms with Crippen molar-refractivity contribution in [3.05, 3.63) is 0 Å². The van der Waals surface area contributed by atoms with Gasteiger partial charge in [0.25, 0.3) is 0 Å². The summed E-state index contributed by atoms with van der Waals surface area (Å²) in [6.45, 7) is 0. The SMILES string of the molecule is C1CCC2C(C1)C2NC1CSC1. The third-order valence-electron chi connectivity index (χ3n) is 3.72. The van der Waals surface area contributed by atoms with Crippen LogP contribution in [0.1, 0.15) is 25.7 Å². The van der Waals surface area contributed by atoms with E-state index in [0.29, 0.717) is 0 Å². The van der Waals surface area contributed by atoms with Crippen LogP contribution in [0.15, 0.2) is 0 Å². The van der Waals surface area contributed by atoms with Gasteiger partial charge >= 0.3 is 0 Å². The van der Waals surface area contributed by atoms with Crippen LogP contribution in [0.25, 0.3) is 0 Å². The van der Waals surface area contributed by atoms with Crippen molar-refractivity contribution in [2.24, 2.45) is 11.8 Å². The minimum atomic E-state index is 0.880. The van der Waals surface area contributed by atoms with Crippen molar-refractivity contribution in [3.8, 4) is 0 Å². The number of hydrogen-bond donors (Lipinski definition) is 1. The molecule has 0 aromatic rings. The van der Waals surface area contributed by atoms with Crippen LogP contribution in [0.2, 0.25) is 0 Å². The first-order chi connectivity index (χ1) is 5.95. The maximum Gasteiger partial charge on any atom is 0.0251 e. The molecule has 1 aliphatic heterocycles. The van der Waals surface area contributed by atoms with Gasteiger partial charge in [0.05, 0.1) is 0 Å². The predicted octanol–water partition coefficient (Wildman–Crippen LogP) is 1.88. The van der Waals surface area contributed by atoms with Gasteiger partial charge in [0, 0.05) is 23.6 Å². The molecule has 0 radical (unpaired) electrons. The van der Waals surface area contributed by atoms with E-state index in [1.54, 1.807) is 0 Å². The van der Waals surface area contributed by atoms with E-state index >= 15 is 0 Å². The molecule has 3 rings (SSSR count). The van der Waals surface area contributed by atoms with E-state index in [4.69, 9.17) is 0 Å². The summed E-state index contributed by atoms with van der Waals surface area (Å²) in [5.74, 6) is 4.92. The van der Waals surface area contributed by atoms with Gasteiger partial charge < -0.3 is 5.32 Å². The van der Waals surface area contributed by atoms with Crippen molar-refractivity contribution < 1.29 is 0 Å². The van der Waals surface area contributed by atoms with Crippen LogP contribution in [0.5, 0.6) is 0 Å². The first kappa shape index (κ1) is 7.69. The smallest absolute Gasteiger partial charge is 0.0251 e. The van der Waals surface area contributed by atoms with E-state index < -0.39 is 0 Å². The second kappa shape index (κ2) is 2.91. The Morgan fingerprint density at radius 1 is 1.00 bits per heavy atom. The lowest BCUT2D eigenvalue weighted by molar-refractivity contribution is 0.480. The lowest BCUT2D eigenvalue weighted by Crippen LogP contribution is -2.42. The minimum Gasteiger partial charge on any atom is -0.309 e. The Kier molecular flexibility index (Phi) is 1.87. The Morgan fingerprint density at radius 3 is 2.17 bits per heavy atom. The second-order valence-corrected chi connectivity index (χ2v) is 5.61. The van der Waals surface area contributed by atoms with Crippen LogP contribution in [0.4, 0.5) is 0 Å². The van der Waals surface area contributed by atoms with Crippen LogP contribution < -0.4 is 5.32 Å². The maximum absolute atomic E-state index is 3.81. The molecule has 2 atom stereocenters. The Bertz CT molecular complexity index is 167. The van der Waals surface area contributed by atoms with Gasteiger partial charge in [0.1, 0.15) is 0 Å². The third-order valence-corrected chi connectivity index (χ3v) is 5.00. The van der Waals surface area contributed by atoms with E-state index in [9.17, 15) is 0 Å². The van der Waals surface area contributed by atoms with Gasteiger partial charge in [0.2, 0.25) is 0 Å². The van der Waals surface area contributed by atoms with Crippen LogP contribution in [-0.2, 0) is 0 Å². The highest BCUT2D eigenvalue weighted by Gasteiger charge is 2.51. The van der Waals surface area contributed by atoms with Gasteiger partial charge in [-0.05, 0) is 24.7 Å². The highest BCUT2D eigenvalue weighted by atomic mass is 32.2. The maximum atomic E-state index is 3.81. The van der Waals surface area contributed by atoms with Crippen molar-refractivity contribution in [1.29, 1.82) is 0 Å². The molecule has 1 saturated heterocycles. The van der Waals surface area contributed by atoms with Crippen LogP contribution in [0.3, 0.4) is 0 Å². The fourth-order valence-corrected chi connectivity index (χ4v) is 3.51. The fourth-order valence-electron chi connectivity index (χ4n) is 2.84. The zero-order valence-electron chi connectivity index (χ0n) is 7.46. The highest BCUT2D eigenvalue weighted by Crippen LogP contribution is 2.50. The van der Waals surface area contributed by atoms with E-state index in [1.807, 2.05) is 0 Å². The summed E-state index contributed by atoms with van der Waals surface area (Å²) in [6, 6.07) is 1.82. The molecule has 1 N–H and O–H groups in total. The Balaban J connectivity index is 1.51. The van der Waals surface area contributed by atoms with Crippen molar-refractivity contribution in [2.75, 3.05) is 11.5 Å². The van der Waals surface area contributed by atoms with Crippen molar-refractivity contribution in [3.63, 3.8) is 0 Å². The lowest BCUT2D eigenvalue weighted by atomic mass is 10.0. The quantitative estimate of drug-likeness (QED) is 0.701. The molecule has 2 heteroatoms. The molecule has 2 aliphatic carbocycles. The molecule has 1 nitrogen and oxygen atoms in total. The van der Waals surface area contributed by atoms with Gasteiger partial charge in [-0.3, -0.25) is 0 Å². The summed E-state index contributed by atoms with van der Waals surface area (Å²) in [4.78, 5) is 0. The standard InChI is InChI=1S/C10H17NS/c1-2-4-9-8(3-1)10(9)11-7-5-12-6-7/h7-11H,1-6H2. The average Bonchev–Trinajstić information content (AvgIpc) is 2.71. The molecule has 2 saturated carbocycles. The van der Waals surface area contributed by atoms with E-state index in [-0.39, 0.29) is 0 Å². The molecule has 0 spiro atoms. The average molecular weight is 183 g/mol. The molecular formula is C10H17NS. The predicted molar refractivity (Wildman–Crippen MR) is 53.5 cm³/mol. The lowest BCUT2D eigenvalue weighted by Gasteiger charge is -2.26. The van der Waals surface area contributed by atoms with E-state index in [2.05, 4.69) is 17.1 Å².